The molecule has 0 spiro atoms. The second kappa shape index (κ2) is 8.52. The van der Waals surface area contributed by atoms with E-state index in [2.05, 4.69) is 67.6 Å². The summed E-state index contributed by atoms with van der Waals surface area (Å²) in [5.41, 5.74) is 1.35. The first-order valence-electron chi connectivity index (χ1n) is 8.48. The van der Waals surface area contributed by atoms with Gasteiger partial charge in [0.25, 0.3) is 0 Å². The number of alkyl halides is 1. The summed E-state index contributed by atoms with van der Waals surface area (Å²) in [5, 5.41) is 0. The first-order chi connectivity index (χ1) is 11.0. The summed E-state index contributed by atoms with van der Waals surface area (Å²) >= 11 is 2.46. The summed E-state index contributed by atoms with van der Waals surface area (Å²) in [5.74, 6) is 2.34. The highest BCUT2D eigenvalue weighted by molar-refractivity contribution is 14.1. The molecule has 0 bridgehead atoms. The van der Waals surface area contributed by atoms with Crippen LogP contribution in [-0.2, 0) is 11.3 Å². The summed E-state index contributed by atoms with van der Waals surface area (Å²) in [7, 11) is 1.69. The molecule has 23 heavy (non-hydrogen) atoms. The van der Waals surface area contributed by atoms with E-state index in [4.69, 9.17) is 9.47 Å². The van der Waals surface area contributed by atoms with Crippen LogP contribution in [0.5, 0.6) is 5.75 Å². The van der Waals surface area contributed by atoms with E-state index >= 15 is 0 Å². The molecule has 0 saturated heterocycles. The smallest absolute Gasteiger partial charge is 0.118 e. The van der Waals surface area contributed by atoms with E-state index in [1.54, 1.807) is 7.11 Å². The van der Waals surface area contributed by atoms with Gasteiger partial charge >= 0.3 is 0 Å². The minimum Gasteiger partial charge on any atom is -0.497 e. The highest BCUT2D eigenvalue weighted by Gasteiger charge is 2.35. The van der Waals surface area contributed by atoms with Gasteiger partial charge in [0, 0.05) is 9.84 Å². The van der Waals surface area contributed by atoms with E-state index in [0.29, 0.717) is 6.61 Å². The van der Waals surface area contributed by atoms with Crippen molar-refractivity contribution in [2.75, 3.05) is 11.5 Å². The van der Waals surface area contributed by atoms with Crippen molar-refractivity contribution in [3.8, 4) is 5.75 Å². The van der Waals surface area contributed by atoms with Crippen molar-refractivity contribution >= 4 is 22.6 Å². The number of benzene rings is 1. The Morgan fingerprint density at radius 1 is 1.26 bits per heavy atom. The second-order valence-electron chi connectivity index (χ2n) is 7.11. The molecule has 0 N–H and O–H groups in total. The average Bonchev–Trinajstić information content (AvgIpc) is 2.56. The Hall–Kier alpha value is -0.550. The normalized spacial score (nSPS) is 25.6. The van der Waals surface area contributed by atoms with Crippen molar-refractivity contribution < 1.29 is 9.47 Å². The fourth-order valence-electron chi connectivity index (χ4n) is 3.15. The highest BCUT2D eigenvalue weighted by Crippen LogP contribution is 2.40. The van der Waals surface area contributed by atoms with Gasteiger partial charge in [-0.2, -0.15) is 0 Å². The number of hydrogen-bond donors (Lipinski definition) is 0. The Morgan fingerprint density at radius 2 is 1.96 bits per heavy atom. The SMILES string of the molecule is COc1ccc(CO[C@H](CI)[C@@]2(C)C=C[C@@H](C(C)C)CC2)cc1. The highest BCUT2D eigenvalue weighted by atomic mass is 127. The van der Waals surface area contributed by atoms with Gasteiger partial charge in [-0.3, -0.25) is 0 Å². The molecule has 1 aliphatic rings. The molecule has 1 aliphatic carbocycles. The van der Waals surface area contributed by atoms with Crippen molar-refractivity contribution in [1.82, 2.24) is 0 Å². The number of ether oxygens (including phenoxy) is 2. The van der Waals surface area contributed by atoms with Crippen molar-refractivity contribution in [3.05, 3.63) is 42.0 Å². The Kier molecular flexibility index (Phi) is 6.96. The van der Waals surface area contributed by atoms with Crippen molar-refractivity contribution in [3.63, 3.8) is 0 Å². The maximum atomic E-state index is 6.29. The van der Waals surface area contributed by atoms with Crippen LogP contribution in [-0.4, -0.2) is 17.6 Å². The maximum Gasteiger partial charge on any atom is 0.118 e. The predicted octanol–water partition coefficient (Wildman–Crippen LogP) is 5.64. The zero-order valence-corrected chi connectivity index (χ0v) is 16.9. The Morgan fingerprint density at radius 3 is 2.43 bits per heavy atom. The molecule has 2 nitrogen and oxygen atoms in total. The molecule has 1 aromatic carbocycles. The predicted molar refractivity (Wildman–Crippen MR) is 105 cm³/mol. The van der Waals surface area contributed by atoms with Crippen molar-refractivity contribution in [1.29, 1.82) is 0 Å². The van der Waals surface area contributed by atoms with Crippen LogP contribution in [0, 0.1) is 17.3 Å². The van der Waals surface area contributed by atoms with Crippen LogP contribution in [0.1, 0.15) is 39.2 Å². The molecule has 128 valence electrons. The molecule has 0 unspecified atom stereocenters. The minimum atomic E-state index is 0.152. The largest absolute Gasteiger partial charge is 0.497 e. The van der Waals surface area contributed by atoms with Crippen LogP contribution in [0.4, 0.5) is 0 Å². The quantitative estimate of drug-likeness (QED) is 0.318. The molecule has 2 rings (SSSR count). The summed E-state index contributed by atoms with van der Waals surface area (Å²) in [6, 6.07) is 8.15. The van der Waals surface area contributed by atoms with Crippen LogP contribution in [0.25, 0.3) is 0 Å². The standard InChI is InChI=1S/C20H29IO2/c1-15(2)17-9-11-20(3,12-10-17)19(13-21)23-14-16-5-7-18(22-4)8-6-16/h5-9,11,15,17,19H,10,12-14H2,1-4H3/t17-,19-,20+/m1/s1. The molecule has 0 aliphatic heterocycles. The molecule has 0 radical (unpaired) electrons. The molecule has 0 saturated carbocycles. The molecular weight excluding hydrogens is 399 g/mol. The summed E-state index contributed by atoms with van der Waals surface area (Å²) < 4.78 is 12.5. The van der Waals surface area contributed by atoms with Gasteiger partial charge in [-0.15, -0.1) is 0 Å². The van der Waals surface area contributed by atoms with E-state index < -0.39 is 0 Å². The zero-order valence-electron chi connectivity index (χ0n) is 14.7. The summed E-state index contributed by atoms with van der Waals surface area (Å²) in [6.45, 7) is 7.63. The zero-order chi connectivity index (χ0) is 16.9. The minimum absolute atomic E-state index is 0.152. The maximum absolute atomic E-state index is 6.29. The number of rotatable bonds is 7. The molecule has 0 fully saturated rings. The molecule has 1 aromatic rings. The lowest BCUT2D eigenvalue weighted by molar-refractivity contribution is -0.0138. The molecule has 0 amide bonds. The third-order valence-corrected chi connectivity index (χ3v) is 5.88. The van der Waals surface area contributed by atoms with E-state index in [9.17, 15) is 0 Å². The van der Waals surface area contributed by atoms with Crippen LogP contribution < -0.4 is 4.74 Å². The fourth-order valence-corrected chi connectivity index (χ4v) is 4.41. The molecule has 0 aromatic heterocycles. The van der Waals surface area contributed by atoms with Gasteiger partial charge in [0.15, 0.2) is 0 Å². The number of halogens is 1. The summed E-state index contributed by atoms with van der Waals surface area (Å²) in [6.07, 6.45) is 7.57. The monoisotopic (exact) mass is 428 g/mol. The van der Waals surface area contributed by atoms with Crippen LogP contribution in [0.2, 0.25) is 0 Å². The van der Waals surface area contributed by atoms with Gasteiger partial charge in [-0.1, -0.05) is 67.6 Å². The average molecular weight is 428 g/mol. The topological polar surface area (TPSA) is 18.5 Å². The first kappa shape index (κ1) is 18.8. The second-order valence-corrected chi connectivity index (χ2v) is 7.99. The van der Waals surface area contributed by atoms with E-state index in [1.807, 2.05) is 12.1 Å². The van der Waals surface area contributed by atoms with E-state index in [1.165, 1.54) is 18.4 Å². The fraction of sp³-hybridized carbons (Fsp3) is 0.600. The van der Waals surface area contributed by atoms with Gasteiger partial charge in [-0.25, -0.2) is 0 Å². The summed E-state index contributed by atoms with van der Waals surface area (Å²) in [4.78, 5) is 0. The van der Waals surface area contributed by atoms with Crippen molar-refractivity contribution in [2.24, 2.45) is 17.3 Å². The Balaban J connectivity index is 1.97. The molecule has 0 heterocycles. The van der Waals surface area contributed by atoms with Crippen LogP contribution in [0.3, 0.4) is 0 Å². The van der Waals surface area contributed by atoms with E-state index in [-0.39, 0.29) is 11.5 Å². The lowest BCUT2D eigenvalue weighted by atomic mass is 9.71. The van der Waals surface area contributed by atoms with Gasteiger partial charge < -0.3 is 9.47 Å². The molecule has 3 atom stereocenters. The number of hydrogen-bond acceptors (Lipinski definition) is 2. The third kappa shape index (κ3) is 4.96. The Bertz CT molecular complexity index is 509. The van der Waals surface area contributed by atoms with E-state index in [0.717, 1.165) is 22.0 Å². The van der Waals surface area contributed by atoms with Crippen molar-refractivity contribution in [2.45, 2.75) is 46.3 Å². The van der Waals surface area contributed by atoms with Gasteiger partial charge in [0.05, 0.1) is 19.8 Å². The molecule has 3 heteroatoms. The number of methoxy groups -OCH3 is 1. The lowest BCUT2D eigenvalue weighted by Gasteiger charge is -2.39. The Labute approximate surface area is 154 Å². The first-order valence-corrected chi connectivity index (χ1v) is 10.0. The lowest BCUT2D eigenvalue weighted by Crippen LogP contribution is -2.37. The van der Waals surface area contributed by atoms with Gasteiger partial charge in [0.2, 0.25) is 0 Å². The number of allylic oxidation sites excluding steroid dienone is 1. The van der Waals surface area contributed by atoms with Gasteiger partial charge in [0.1, 0.15) is 5.75 Å². The van der Waals surface area contributed by atoms with Crippen LogP contribution >= 0.6 is 22.6 Å². The van der Waals surface area contributed by atoms with Gasteiger partial charge in [-0.05, 0) is 42.4 Å². The molecular formula is C20H29IO2. The third-order valence-electron chi connectivity index (χ3n) is 5.08. The van der Waals surface area contributed by atoms with Crippen LogP contribution in [0.15, 0.2) is 36.4 Å².